The van der Waals surface area contributed by atoms with Crippen molar-refractivity contribution in [1.82, 2.24) is 0 Å². The van der Waals surface area contributed by atoms with Gasteiger partial charge in [0.25, 0.3) is 0 Å². The molecule has 0 aromatic rings. The summed E-state index contributed by atoms with van der Waals surface area (Å²) in [5.74, 6) is 0.342. The second kappa shape index (κ2) is 2.48. The lowest BCUT2D eigenvalue weighted by molar-refractivity contribution is 0.0853. The van der Waals surface area contributed by atoms with Crippen LogP contribution in [0, 0.1) is 5.92 Å². The molecule has 0 N–H and O–H groups in total. The molecule has 1 heterocycles. The molecule has 2 atom stereocenters. The third-order valence-electron chi connectivity index (χ3n) is 1.92. The Morgan fingerprint density at radius 1 is 1.55 bits per heavy atom. The van der Waals surface area contributed by atoms with Crippen LogP contribution in [-0.4, -0.2) is 11.8 Å². The predicted octanol–water partition coefficient (Wildman–Crippen LogP) is 2.23. The Morgan fingerprint density at radius 3 is 3.18 bits per heavy atom. The summed E-state index contributed by atoms with van der Waals surface area (Å²) >= 11 is 3.42. The van der Waals surface area contributed by atoms with Crippen LogP contribution < -0.4 is 0 Å². The molecule has 2 rings (SSSR count). The summed E-state index contributed by atoms with van der Waals surface area (Å²) in [7, 11) is 0. The highest BCUT2D eigenvalue weighted by molar-refractivity contribution is 9.11. The first kappa shape index (κ1) is 7.10. The highest BCUT2D eigenvalue weighted by Gasteiger charge is 2.28. The average Bonchev–Trinajstić information content (AvgIpc) is 2.33. The van der Waals surface area contributed by atoms with Crippen LogP contribution in [0.2, 0.25) is 0 Å². The van der Waals surface area contributed by atoms with E-state index in [-0.39, 0.29) is 6.10 Å². The van der Waals surface area contributed by atoms with Crippen molar-refractivity contribution in [3.05, 3.63) is 22.7 Å². The largest absolute Gasteiger partial charge is 0.392 e. The van der Waals surface area contributed by atoms with Crippen LogP contribution in [0.25, 0.3) is 0 Å². The van der Waals surface area contributed by atoms with E-state index >= 15 is 0 Å². The zero-order chi connectivity index (χ0) is 7.84. The Bertz CT molecular complexity index is 267. The van der Waals surface area contributed by atoms with Crippen molar-refractivity contribution in [3.8, 4) is 0 Å². The maximum absolute atomic E-state index is 5.12. The highest BCUT2D eigenvalue weighted by Crippen LogP contribution is 2.27. The number of oxime groups is 1. The lowest BCUT2D eigenvalue weighted by Crippen LogP contribution is -2.18. The zero-order valence-corrected chi connectivity index (χ0v) is 7.71. The predicted molar refractivity (Wildman–Crippen MR) is 47.6 cm³/mol. The summed E-state index contributed by atoms with van der Waals surface area (Å²) in [6, 6.07) is 0. The molecule has 0 radical (unpaired) electrons. The number of halogens is 1. The van der Waals surface area contributed by atoms with E-state index in [0.717, 1.165) is 10.2 Å². The molecule has 1 aliphatic carbocycles. The molecule has 0 spiro atoms. The van der Waals surface area contributed by atoms with Crippen molar-refractivity contribution in [2.45, 2.75) is 13.0 Å². The summed E-state index contributed by atoms with van der Waals surface area (Å²) in [5, 5.41) is 3.94. The number of rotatable bonds is 0. The van der Waals surface area contributed by atoms with Crippen LogP contribution in [0.15, 0.2) is 27.9 Å². The van der Waals surface area contributed by atoms with Gasteiger partial charge in [0.05, 0.1) is 11.6 Å². The van der Waals surface area contributed by atoms with E-state index < -0.39 is 0 Å². The van der Waals surface area contributed by atoms with Gasteiger partial charge in [-0.2, -0.15) is 0 Å². The lowest BCUT2D eigenvalue weighted by atomic mass is 9.95. The molecule has 0 aromatic carbocycles. The first-order chi connectivity index (χ1) is 5.27. The molecule has 0 bridgehead atoms. The summed E-state index contributed by atoms with van der Waals surface area (Å²) in [6.07, 6.45) is 6.27. The molecular formula is C8H8BrNO. The van der Waals surface area contributed by atoms with Crippen LogP contribution in [0.5, 0.6) is 0 Å². The molecule has 2 unspecified atom stereocenters. The van der Waals surface area contributed by atoms with Gasteiger partial charge in [0, 0.05) is 4.48 Å². The van der Waals surface area contributed by atoms with Crippen LogP contribution in [0.3, 0.4) is 0 Å². The first-order valence-corrected chi connectivity index (χ1v) is 4.36. The monoisotopic (exact) mass is 213 g/mol. The minimum Gasteiger partial charge on any atom is -0.392 e. The molecule has 2 aliphatic rings. The smallest absolute Gasteiger partial charge is 0.136 e. The van der Waals surface area contributed by atoms with Gasteiger partial charge in [-0.3, -0.25) is 0 Å². The second-order valence-corrected chi connectivity index (χ2v) is 3.65. The lowest BCUT2D eigenvalue weighted by Gasteiger charge is -2.11. The maximum atomic E-state index is 5.12. The fourth-order valence-corrected chi connectivity index (χ4v) is 1.68. The van der Waals surface area contributed by atoms with Gasteiger partial charge >= 0.3 is 0 Å². The molecule has 0 amide bonds. The average molecular weight is 214 g/mol. The van der Waals surface area contributed by atoms with E-state index in [9.17, 15) is 0 Å². The highest BCUT2D eigenvalue weighted by atomic mass is 79.9. The Hall–Kier alpha value is -0.570. The first-order valence-electron chi connectivity index (χ1n) is 3.56. The second-order valence-electron chi connectivity index (χ2n) is 2.74. The Kier molecular flexibility index (Phi) is 1.60. The van der Waals surface area contributed by atoms with E-state index in [1.807, 2.05) is 19.1 Å². The van der Waals surface area contributed by atoms with Crippen molar-refractivity contribution in [2.24, 2.45) is 11.1 Å². The van der Waals surface area contributed by atoms with Gasteiger partial charge in [-0.05, 0) is 19.1 Å². The number of allylic oxidation sites excluding steroid dienone is 3. The van der Waals surface area contributed by atoms with Gasteiger partial charge in [-0.1, -0.05) is 27.2 Å². The van der Waals surface area contributed by atoms with Crippen LogP contribution in [0.1, 0.15) is 6.92 Å². The van der Waals surface area contributed by atoms with E-state index in [2.05, 4.69) is 27.2 Å². The van der Waals surface area contributed by atoms with Gasteiger partial charge in [0.2, 0.25) is 0 Å². The molecule has 2 nitrogen and oxygen atoms in total. The minimum absolute atomic E-state index is 0.183. The number of nitrogens with zero attached hydrogens (tertiary/aromatic N) is 1. The molecule has 1 aliphatic heterocycles. The van der Waals surface area contributed by atoms with Crippen LogP contribution in [0.4, 0.5) is 0 Å². The Morgan fingerprint density at radius 2 is 2.36 bits per heavy atom. The third kappa shape index (κ3) is 1.13. The number of hydrogen-bond donors (Lipinski definition) is 0. The fraction of sp³-hybridized carbons (Fsp3) is 0.375. The minimum atomic E-state index is 0.183. The van der Waals surface area contributed by atoms with Gasteiger partial charge in [-0.25, -0.2) is 0 Å². The van der Waals surface area contributed by atoms with Crippen molar-refractivity contribution in [3.63, 3.8) is 0 Å². The summed E-state index contributed by atoms with van der Waals surface area (Å²) in [4.78, 5) is 5.12. The molecule has 0 fully saturated rings. The van der Waals surface area contributed by atoms with Gasteiger partial charge in [0.15, 0.2) is 0 Å². The topological polar surface area (TPSA) is 21.6 Å². The Balaban J connectivity index is 2.32. The van der Waals surface area contributed by atoms with Gasteiger partial charge in [-0.15, -0.1) is 0 Å². The SMILES string of the molecule is CC1ON=C2C=CC(Br)=CC21. The molecule has 0 saturated carbocycles. The van der Waals surface area contributed by atoms with Gasteiger partial charge in [0.1, 0.15) is 6.10 Å². The summed E-state index contributed by atoms with van der Waals surface area (Å²) < 4.78 is 1.11. The van der Waals surface area contributed by atoms with E-state index in [4.69, 9.17) is 4.84 Å². The molecular weight excluding hydrogens is 206 g/mol. The van der Waals surface area contributed by atoms with Crippen molar-refractivity contribution < 1.29 is 4.84 Å². The van der Waals surface area contributed by atoms with Crippen molar-refractivity contribution in [1.29, 1.82) is 0 Å². The fourth-order valence-electron chi connectivity index (χ4n) is 1.27. The molecule has 11 heavy (non-hydrogen) atoms. The summed E-state index contributed by atoms with van der Waals surface area (Å²) in [6.45, 7) is 2.02. The number of fused-ring (bicyclic) bond motifs is 1. The third-order valence-corrected chi connectivity index (χ3v) is 2.45. The van der Waals surface area contributed by atoms with Crippen molar-refractivity contribution >= 4 is 21.6 Å². The van der Waals surface area contributed by atoms with Crippen LogP contribution in [-0.2, 0) is 4.84 Å². The molecule has 3 heteroatoms. The summed E-state index contributed by atoms with van der Waals surface area (Å²) in [5.41, 5.74) is 1.03. The molecule has 0 saturated heterocycles. The maximum Gasteiger partial charge on any atom is 0.136 e. The zero-order valence-electron chi connectivity index (χ0n) is 6.12. The Labute approximate surface area is 73.7 Å². The number of hydrogen-bond acceptors (Lipinski definition) is 2. The van der Waals surface area contributed by atoms with Gasteiger partial charge < -0.3 is 4.84 Å². The van der Waals surface area contributed by atoms with E-state index in [0.29, 0.717) is 5.92 Å². The standard InChI is InChI=1S/C8H8BrNO/c1-5-7-4-6(9)2-3-8(7)10-11-5/h2-5,7H,1H3. The normalized spacial score (nSPS) is 34.0. The van der Waals surface area contributed by atoms with Crippen LogP contribution >= 0.6 is 15.9 Å². The quantitative estimate of drug-likeness (QED) is 0.605. The molecule has 58 valence electrons. The van der Waals surface area contributed by atoms with E-state index in [1.54, 1.807) is 0 Å². The molecule has 0 aromatic heterocycles. The van der Waals surface area contributed by atoms with E-state index in [1.165, 1.54) is 0 Å². The van der Waals surface area contributed by atoms with Crippen molar-refractivity contribution in [2.75, 3.05) is 0 Å².